The van der Waals surface area contributed by atoms with Crippen LogP contribution >= 0.6 is 15.9 Å². The molecule has 1 heterocycles. The van der Waals surface area contributed by atoms with E-state index in [1.165, 1.54) is 19.3 Å². The number of esters is 1. The van der Waals surface area contributed by atoms with Gasteiger partial charge in [-0.1, -0.05) is 28.1 Å². The van der Waals surface area contributed by atoms with Gasteiger partial charge in [0.05, 0.1) is 18.5 Å². The van der Waals surface area contributed by atoms with Gasteiger partial charge in [-0.2, -0.15) is 5.26 Å². The lowest BCUT2D eigenvalue weighted by Gasteiger charge is -2.19. The van der Waals surface area contributed by atoms with E-state index in [9.17, 15) is 14.9 Å². The molecule has 0 spiro atoms. The number of methoxy groups -OCH3 is 1. The van der Waals surface area contributed by atoms with Crippen molar-refractivity contribution in [3.63, 3.8) is 0 Å². The summed E-state index contributed by atoms with van der Waals surface area (Å²) in [7, 11) is 5.09. The highest BCUT2D eigenvalue weighted by molar-refractivity contribution is 9.10. The number of fused-ring (bicyclic) bond motifs is 1. The Morgan fingerprint density at radius 1 is 1.13 bits per heavy atom. The lowest BCUT2D eigenvalue weighted by atomic mass is 10.2. The van der Waals surface area contributed by atoms with E-state index in [4.69, 9.17) is 9.47 Å². The van der Waals surface area contributed by atoms with Gasteiger partial charge in [-0.15, -0.1) is 0 Å². The molecule has 8 heteroatoms. The summed E-state index contributed by atoms with van der Waals surface area (Å²) in [5.74, 6) is -0.245. The number of hydrogen-bond acceptors (Lipinski definition) is 7. The van der Waals surface area contributed by atoms with E-state index in [0.29, 0.717) is 17.1 Å². The number of anilines is 2. The minimum Gasteiger partial charge on any atom is -0.496 e. The molecule has 0 aliphatic carbocycles. The standard InChI is InChI=1S/C23H20BrN3O4/c1-26-18-6-4-5-7-19(18)27(2)23(26)17(13-25)20(28)14-31-22(29)11-8-15-12-16(24)9-10-21(15)30-3/h4-12H,14H2,1-3H3/b11-8-. The first-order valence-electron chi connectivity index (χ1n) is 9.29. The van der Waals surface area contributed by atoms with Crippen molar-refractivity contribution in [2.45, 2.75) is 0 Å². The van der Waals surface area contributed by atoms with Crippen LogP contribution in [0.2, 0.25) is 0 Å². The van der Waals surface area contributed by atoms with Crippen LogP contribution in [-0.4, -0.2) is 39.6 Å². The summed E-state index contributed by atoms with van der Waals surface area (Å²) in [4.78, 5) is 28.3. The van der Waals surface area contributed by atoms with Gasteiger partial charge in [-0.3, -0.25) is 4.79 Å². The molecule has 0 saturated carbocycles. The molecule has 0 amide bonds. The van der Waals surface area contributed by atoms with Gasteiger partial charge < -0.3 is 19.3 Å². The normalized spacial score (nSPS) is 12.5. The number of carbonyl (C=O) groups excluding carboxylic acids is 2. The average molecular weight is 482 g/mol. The second kappa shape index (κ2) is 9.49. The van der Waals surface area contributed by atoms with Crippen molar-refractivity contribution in [1.29, 1.82) is 5.26 Å². The van der Waals surface area contributed by atoms with Gasteiger partial charge >= 0.3 is 5.97 Å². The molecule has 3 rings (SSSR count). The lowest BCUT2D eigenvalue weighted by Crippen LogP contribution is -2.27. The number of ether oxygens (including phenoxy) is 2. The molecule has 0 saturated heterocycles. The highest BCUT2D eigenvalue weighted by Crippen LogP contribution is 2.40. The van der Waals surface area contributed by atoms with Crippen LogP contribution in [-0.2, 0) is 14.3 Å². The zero-order valence-corrected chi connectivity index (χ0v) is 18.8. The molecule has 2 aromatic carbocycles. The quantitative estimate of drug-likeness (QED) is 0.351. The Kier molecular flexibility index (Phi) is 6.78. The minimum absolute atomic E-state index is 0.0772. The van der Waals surface area contributed by atoms with Crippen molar-refractivity contribution in [1.82, 2.24) is 0 Å². The van der Waals surface area contributed by atoms with Gasteiger partial charge in [-0.05, 0) is 36.4 Å². The summed E-state index contributed by atoms with van der Waals surface area (Å²) < 4.78 is 11.1. The average Bonchev–Trinajstić information content (AvgIpc) is 3.02. The molecule has 31 heavy (non-hydrogen) atoms. The molecule has 2 aromatic rings. The first kappa shape index (κ1) is 22.1. The molecular formula is C23H20BrN3O4. The van der Waals surface area contributed by atoms with Gasteiger partial charge in [-0.25, -0.2) is 4.79 Å². The van der Waals surface area contributed by atoms with Crippen molar-refractivity contribution < 1.29 is 19.1 Å². The highest BCUT2D eigenvalue weighted by Gasteiger charge is 2.31. The fourth-order valence-electron chi connectivity index (χ4n) is 3.31. The van der Waals surface area contributed by atoms with Crippen LogP contribution in [0.25, 0.3) is 6.08 Å². The number of nitriles is 1. The van der Waals surface area contributed by atoms with Crippen LogP contribution in [0.5, 0.6) is 5.75 Å². The molecule has 0 atom stereocenters. The molecule has 0 unspecified atom stereocenters. The van der Waals surface area contributed by atoms with Gasteiger partial charge in [0.2, 0.25) is 5.78 Å². The second-order valence-electron chi connectivity index (χ2n) is 6.67. The first-order valence-corrected chi connectivity index (χ1v) is 10.1. The van der Waals surface area contributed by atoms with Gasteiger partial charge in [0, 0.05) is 30.2 Å². The third kappa shape index (κ3) is 4.62. The number of ketones is 1. The number of halogens is 1. The van der Waals surface area contributed by atoms with Crippen molar-refractivity contribution in [3.05, 3.63) is 70.0 Å². The zero-order chi connectivity index (χ0) is 22.5. The number of para-hydroxylation sites is 2. The summed E-state index contributed by atoms with van der Waals surface area (Å²) >= 11 is 3.36. The Morgan fingerprint density at radius 2 is 1.77 bits per heavy atom. The second-order valence-corrected chi connectivity index (χ2v) is 7.58. The summed E-state index contributed by atoms with van der Waals surface area (Å²) in [5, 5.41) is 9.62. The lowest BCUT2D eigenvalue weighted by molar-refractivity contribution is -0.141. The van der Waals surface area contributed by atoms with Crippen LogP contribution in [0.3, 0.4) is 0 Å². The maximum atomic E-state index is 12.7. The predicted octanol–water partition coefficient (Wildman–Crippen LogP) is 3.90. The number of carbonyl (C=O) groups is 2. The highest BCUT2D eigenvalue weighted by atomic mass is 79.9. The van der Waals surface area contributed by atoms with Crippen LogP contribution in [0, 0.1) is 11.3 Å². The van der Waals surface area contributed by atoms with Crippen LogP contribution < -0.4 is 14.5 Å². The molecule has 0 fully saturated rings. The Bertz CT molecular complexity index is 1100. The molecular weight excluding hydrogens is 462 g/mol. The van der Waals surface area contributed by atoms with E-state index < -0.39 is 18.4 Å². The van der Waals surface area contributed by atoms with Crippen molar-refractivity contribution >= 4 is 45.1 Å². The number of nitrogens with zero attached hydrogens (tertiary/aromatic N) is 3. The smallest absolute Gasteiger partial charge is 0.331 e. The molecule has 158 valence electrons. The van der Waals surface area contributed by atoms with Crippen LogP contribution in [0.15, 0.2) is 64.4 Å². The number of Topliss-reactive ketones (excluding diaryl/α,β-unsaturated/α-hetero) is 1. The SMILES string of the molecule is COc1ccc(Br)cc1/C=C\C(=O)OCC(=O)C(C#N)=C1N(C)c2ccccc2N1C. The zero-order valence-electron chi connectivity index (χ0n) is 17.3. The van der Waals surface area contributed by atoms with Crippen LogP contribution in [0.4, 0.5) is 11.4 Å². The molecule has 0 aromatic heterocycles. The Balaban J connectivity index is 1.72. The largest absolute Gasteiger partial charge is 0.496 e. The van der Waals surface area contributed by atoms with Crippen molar-refractivity contribution in [3.8, 4) is 11.8 Å². The Morgan fingerprint density at radius 3 is 2.35 bits per heavy atom. The fraction of sp³-hybridized carbons (Fsp3) is 0.174. The van der Waals surface area contributed by atoms with Gasteiger partial charge in [0.15, 0.2) is 6.61 Å². The third-order valence-electron chi connectivity index (χ3n) is 4.79. The predicted molar refractivity (Wildman–Crippen MR) is 122 cm³/mol. The van der Waals surface area contributed by atoms with E-state index in [-0.39, 0.29) is 5.57 Å². The van der Waals surface area contributed by atoms with Gasteiger partial charge in [0.1, 0.15) is 23.2 Å². The maximum absolute atomic E-state index is 12.7. The van der Waals surface area contributed by atoms with Crippen LogP contribution in [0.1, 0.15) is 5.56 Å². The van der Waals surface area contributed by atoms with Crippen molar-refractivity contribution in [2.24, 2.45) is 0 Å². The minimum atomic E-state index is -0.700. The van der Waals surface area contributed by atoms with E-state index in [0.717, 1.165) is 15.8 Å². The third-order valence-corrected chi connectivity index (χ3v) is 5.28. The molecule has 7 nitrogen and oxygen atoms in total. The van der Waals surface area contributed by atoms with E-state index in [1.807, 2.05) is 36.4 Å². The molecule has 0 N–H and O–H groups in total. The number of rotatable bonds is 6. The van der Waals surface area contributed by atoms with E-state index in [2.05, 4.69) is 15.9 Å². The molecule has 0 bridgehead atoms. The van der Waals surface area contributed by atoms with Gasteiger partial charge in [0.25, 0.3) is 0 Å². The topological polar surface area (TPSA) is 82.9 Å². The summed E-state index contributed by atoms with van der Waals surface area (Å²) in [6.45, 7) is -0.538. The molecule has 1 aliphatic rings. The fourth-order valence-corrected chi connectivity index (χ4v) is 3.69. The van der Waals surface area contributed by atoms with E-state index >= 15 is 0 Å². The summed E-state index contributed by atoms with van der Waals surface area (Å²) in [6, 6.07) is 14.9. The first-order chi connectivity index (χ1) is 14.9. The van der Waals surface area contributed by atoms with E-state index in [1.54, 1.807) is 36.0 Å². The maximum Gasteiger partial charge on any atom is 0.331 e. The number of hydrogen-bond donors (Lipinski definition) is 0. The Labute approximate surface area is 188 Å². The van der Waals surface area contributed by atoms with Crippen molar-refractivity contribution in [2.75, 3.05) is 37.6 Å². The summed E-state index contributed by atoms with van der Waals surface area (Å²) in [6.07, 6.45) is 2.75. The Hall–Kier alpha value is -3.57. The molecule has 0 radical (unpaired) electrons. The number of benzene rings is 2. The monoisotopic (exact) mass is 481 g/mol. The molecule has 1 aliphatic heterocycles. The summed E-state index contributed by atoms with van der Waals surface area (Å²) in [5.41, 5.74) is 2.35.